The van der Waals surface area contributed by atoms with Gasteiger partial charge in [-0.1, -0.05) is 0 Å². The minimum Gasteiger partial charge on any atom is -0.454 e. The fraction of sp³-hybridized carbons (Fsp3) is 0.435. The summed E-state index contributed by atoms with van der Waals surface area (Å²) in [5, 5.41) is 21.8. The van der Waals surface area contributed by atoms with Crippen molar-refractivity contribution in [2.75, 3.05) is 38.1 Å². The van der Waals surface area contributed by atoms with Crippen LogP contribution in [0.25, 0.3) is 0 Å². The van der Waals surface area contributed by atoms with Gasteiger partial charge >= 0.3 is 11.8 Å². The summed E-state index contributed by atoms with van der Waals surface area (Å²) >= 11 is 0. The summed E-state index contributed by atoms with van der Waals surface area (Å²) in [4.78, 5) is 51.2. The number of piperazine rings is 1. The molecule has 1 atom stereocenters. The quantitative estimate of drug-likeness (QED) is 0.339. The van der Waals surface area contributed by atoms with Gasteiger partial charge in [0, 0.05) is 32.4 Å². The van der Waals surface area contributed by atoms with Gasteiger partial charge in [0.1, 0.15) is 24.2 Å². The summed E-state index contributed by atoms with van der Waals surface area (Å²) in [6.45, 7) is 7.14. The van der Waals surface area contributed by atoms with Crippen molar-refractivity contribution >= 4 is 29.3 Å². The average Bonchev–Trinajstić information content (AvgIpc) is 3.65. The van der Waals surface area contributed by atoms with E-state index in [0.717, 1.165) is 6.20 Å². The first-order valence-electron chi connectivity index (χ1n) is 12.0. The SMILES string of the molecule is CCOC(=O)N1CCN(C(=O)C(C)n2cc(NC(=O)c3ccc(Cn4cc([N+](=O)[O-])cn4)o3)c(C)n2)CC1. The van der Waals surface area contributed by atoms with Crippen LogP contribution in [-0.4, -0.2) is 85.0 Å². The van der Waals surface area contributed by atoms with Gasteiger partial charge in [-0.25, -0.2) is 4.79 Å². The summed E-state index contributed by atoms with van der Waals surface area (Å²) in [5.41, 5.74) is 0.789. The molecular formula is C23H28N8O7. The van der Waals surface area contributed by atoms with Gasteiger partial charge in [0.05, 0.1) is 29.5 Å². The number of nitrogens with zero attached hydrogens (tertiary/aromatic N) is 7. The van der Waals surface area contributed by atoms with Gasteiger partial charge in [-0.3, -0.25) is 29.1 Å². The number of aromatic nitrogens is 4. The first-order chi connectivity index (χ1) is 18.2. The first kappa shape index (κ1) is 26.4. The molecular weight excluding hydrogens is 500 g/mol. The predicted molar refractivity (Wildman–Crippen MR) is 131 cm³/mol. The number of hydrogen-bond acceptors (Lipinski definition) is 9. The molecule has 15 heteroatoms. The highest BCUT2D eigenvalue weighted by Crippen LogP contribution is 2.20. The highest BCUT2D eigenvalue weighted by Gasteiger charge is 2.29. The normalized spacial score (nSPS) is 14.3. The summed E-state index contributed by atoms with van der Waals surface area (Å²) in [6, 6.07) is 2.45. The highest BCUT2D eigenvalue weighted by atomic mass is 16.6. The lowest BCUT2D eigenvalue weighted by molar-refractivity contribution is -0.385. The molecule has 0 radical (unpaired) electrons. The lowest BCUT2D eigenvalue weighted by Crippen LogP contribution is -2.52. The van der Waals surface area contributed by atoms with Crippen molar-refractivity contribution in [2.24, 2.45) is 0 Å². The van der Waals surface area contributed by atoms with Crippen LogP contribution in [0.5, 0.6) is 0 Å². The molecule has 1 saturated heterocycles. The maximum Gasteiger partial charge on any atom is 0.409 e. The van der Waals surface area contributed by atoms with E-state index in [1.165, 1.54) is 21.6 Å². The number of anilines is 1. The second-order valence-electron chi connectivity index (χ2n) is 8.67. The fourth-order valence-corrected chi connectivity index (χ4v) is 3.97. The van der Waals surface area contributed by atoms with Crippen molar-refractivity contribution < 1.29 is 28.5 Å². The van der Waals surface area contributed by atoms with Crippen LogP contribution in [0, 0.1) is 17.0 Å². The van der Waals surface area contributed by atoms with E-state index in [9.17, 15) is 24.5 Å². The van der Waals surface area contributed by atoms with Crippen LogP contribution in [0.3, 0.4) is 0 Å². The Morgan fingerprint density at radius 3 is 2.55 bits per heavy atom. The van der Waals surface area contributed by atoms with Gasteiger partial charge in [0.2, 0.25) is 5.91 Å². The number of amides is 3. The number of carbonyl (C=O) groups excluding carboxylic acids is 3. The molecule has 1 aliphatic rings. The minimum atomic E-state index is -0.623. The second-order valence-corrected chi connectivity index (χ2v) is 8.67. The molecule has 38 heavy (non-hydrogen) atoms. The Bertz CT molecular complexity index is 1330. The molecule has 0 aromatic carbocycles. The molecule has 0 aliphatic carbocycles. The van der Waals surface area contributed by atoms with E-state index in [2.05, 4.69) is 15.5 Å². The van der Waals surface area contributed by atoms with Crippen molar-refractivity contribution in [3.63, 3.8) is 0 Å². The number of nitrogens with one attached hydrogen (secondary N) is 1. The van der Waals surface area contributed by atoms with Crippen LogP contribution in [0.2, 0.25) is 0 Å². The standard InChI is InChI=1S/C23H28N8O7/c1-4-37-23(34)28-9-7-27(8-10-28)22(33)16(3)30-14-19(15(2)26-30)25-21(32)20-6-5-18(38-20)13-29-12-17(11-24-29)31(35)36/h5-6,11-12,14,16H,4,7-10,13H2,1-3H3,(H,25,32). The number of hydrogen-bond donors (Lipinski definition) is 1. The number of carbonyl (C=O) groups is 3. The number of rotatable bonds is 8. The molecule has 3 aromatic heterocycles. The molecule has 4 rings (SSSR count). The number of ether oxygens (including phenoxy) is 1. The smallest absolute Gasteiger partial charge is 0.409 e. The maximum absolute atomic E-state index is 13.0. The van der Waals surface area contributed by atoms with Crippen molar-refractivity contribution in [1.29, 1.82) is 0 Å². The summed E-state index contributed by atoms with van der Waals surface area (Å²) in [6.07, 6.45) is 3.59. The third-order valence-corrected chi connectivity index (χ3v) is 6.07. The Hall–Kier alpha value is -4.69. The van der Waals surface area contributed by atoms with Crippen LogP contribution in [0.1, 0.15) is 41.9 Å². The Kier molecular flexibility index (Phi) is 7.74. The van der Waals surface area contributed by atoms with E-state index in [1.807, 2.05) is 0 Å². The van der Waals surface area contributed by atoms with E-state index in [1.54, 1.807) is 42.8 Å². The van der Waals surface area contributed by atoms with Crippen molar-refractivity contribution in [1.82, 2.24) is 29.4 Å². The number of nitro groups is 1. The average molecular weight is 529 g/mol. The molecule has 3 amide bonds. The summed E-state index contributed by atoms with van der Waals surface area (Å²) in [7, 11) is 0. The molecule has 1 N–H and O–H groups in total. The van der Waals surface area contributed by atoms with Gasteiger partial charge in [-0.2, -0.15) is 10.2 Å². The maximum atomic E-state index is 13.0. The lowest BCUT2D eigenvalue weighted by Gasteiger charge is -2.35. The Balaban J connectivity index is 1.34. The molecule has 0 spiro atoms. The van der Waals surface area contributed by atoms with E-state index in [-0.39, 0.29) is 30.0 Å². The van der Waals surface area contributed by atoms with Crippen LogP contribution in [0.15, 0.2) is 35.1 Å². The molecule has 1 unspecified atom stereocenters. The molecule has 0 bridgehead atoms. The summed E-state index contributed by atoms with van der Waals surface area (Å²) < 4.78 is 13.4. The third-order valence-electron chi connectivity index (χ3n) is 6.07. The van der Waals surface area contributed by atoms with E-state index >= 15 is 0 Å². The minimum absolute atomic E-state index is 0.0393. The van der Waals surface area contributed by atoms with Crippen molar-refractivity contribution in [3.8, 4) is 0 Å². The lowest BCUT2D eigenvalue weighted by atomic mass is 10.2. The monoisotopic (exact) mass is 528 g/mol. The Labute approximate surface area is 217 Å². The molecule has 202 valence electrons. The predicted octanol–water partition coefficient (Wildman–Crippen LogP) is 2.05. The molecule has 3 aromatic rings. The van der Waals surface area contributed by atoms with E-state index in [4.69, 9.17) is 9.15 Å². The zero-order valence-electron chi connectivity index (χ0n) is 21.2. The second kappa shape index (κ2) is 11.1. The van der Waals surface area contributed by atoms with Gasteiger partial charge in [-0.05, 0) is 32.9 Å². The van der Waals surface area contributed by atoms with Crippen LogP contribution >= 0.6 is 0 Å². The van der Waals surface area contributed by atoms with Crippen LogP contribution < -0.4 is 5.32 Å². The van der Waals surface area contributed by atoms with E-state index < -0.39 is 16.9 Å². The zero-order valence-corrected chi connectivity index (χ0v) is 21.2. The summed E-state index contributed by atoms with van der Waals surface area (Å²) in [5.74, 6) is -0.233. The molecule has 0 saturated carbocycles. The van der Waals surface area contributed by atoms with Gasteiger partial charge in [0.25, 0.3) is 5.91 Å². The third kappa shape index (κ3) is 5.82. The molecule has 15 nitrogen and oxygen atoms in total. The van der Waals surface area contributed by atoms with Gasteiger partial charge in [-0.15, -0.1) is 0 Å². The fourth-order valence-electron chi connectivity index (χ4n) is 3.97. The molecule has 1 aliphatic heterocycles. The molecule has 1 fully saturated rings. The van der Waals surface area contributed by atoms with Gasteiger partial charge < -0.3 is 24.3 Å². The van der Waals surface area contributed by atoms with Crippen molar-refractivity contribution in [2.45, 2.75) is 33.4 Å². The Morgan fingerprint density at radius 2 is 1.89 bits per heavy atom. The van der Waals surface area contributed by atoms with Gasteiger partial charge in [0.15, 0.2) is 5.76 Å². The van der Waals surface area contributed by atoms with E-state index in [0.29, 0.717) is 49.9 Å². The van der Waals surface area contributed by atoms with Crippen LogP contribution in [0.4, 0.5) is 16.2 Å². The highest BCUT2D eigenvalue weighted by molar-refractivity contribution is 6.02. The van der Waals surface area contributed by atoms with Crippen molar-refractivity contribution in [3.05, 3.63) is 58.1 Å². The zero-order chi connectivity index (χ0) is 27.4. The number of aryl methyl sites for hydroxylation is 1. The largest absolute Gasteiger partial charge is 0.454 e. The van der Waals surface area contributed by atoms with Crippen LogP contribution in [-0.2, 0) is 16.1 Å². The number of furan rings is 1. The molecule has 4 heterocycles. The Morgan fingerprint density at radius 1 is 1.18 bits per heavy atom. The topological polar surface area (TPSA) is 171 Å². The first-order valence-corrected chi connectivity index (χ1v) is 12.0.